The molecular weight excluding hydrogens is 216 g/mol. The molecule has 0 aromatic heterocycles. The summed E-state index contributed by atoms with van der Waals surface area (Å²) in [4.78, 5) is 0. The summed E-state index contributed by atoms with van der Waals surface area (Å²) < 4.78 is 5.56. The van der Waals surface area contributed by atoms with Crippen LogP contribution in [0, 0.1) is 5.92 Å². The Bertz CT molecular complexity index is 150. The minimum Gasteiger partial charge on any atom is -0.396 e. The largest absolute Gasteiger partial charge is 0.396 e. The summed E-state index contributed by atoms with van der Waals surface area (Å²) in [5.74, 6) is 0.161. The fraction of sp³-hybridized carbons (Fsp3) is 1.00. The van der Waals surface area contributed by atoms with E-state index in [-0.39, 0.29) is 25.2 Å². The molecule has 3 nitrogen and oxygen atoms in total. The standard InChI is InChI=1S/C14H30O3/c1-3-4-5-6-7-8-9-14(11-16)17-12-13(2)10-15/h13-16H,3-12H2,1-2H3. The van der Waals surface area contributed by atoms with E-state index in [4.69, 9.17) is 14.9 Å². The quantitative estimate of drug-likeness (QED) is 0.521. The predicted molar refractivity (Wildman–Crippen MR) is 71.1 cm³/mol. The Labute approximate surface area is 106 Å². The van der Waals surface area contributed by atoms with Crippen molar-refractivity contribution in [2.75, 3.05) is 19.8 Å². The maximum Gasteiger partial charge on any atom is 0.0805 e. The highest BCUT2D eigenvalue weighted by Crippen LogP contribution is 2.11. The van der Waals surface area contributed by atoms with Crippen molar-refractivity contribution in [2.45, 2.75) is 64.9 Å². The minimum absolute atomic E-state index is 0.0461. The van der Waals surface area contributed by atoms with E-state index in [0.29, 0.717) is 6.61 Å². The van der Waals surface area contributed by atoms with Crippen molar-refractivity contribution in [3.05, 3.63) is 0 Å². The van der Waals surface area contributed by atoms with E-state index in [0.717, 1.165) is 12.8 Å². The van der Waals surface area contributed by atoms with E-state index in [2.05, 4.69) is 6.92 Å². The van der Waals surface area contributed by atoms with Crippen molar-refractivity contribution < 1.29 is 14.9 Å². The van der Waals surface area contributed by atoms with Gasteiger partial charge in [0.05, 0.1) is 19.3 Å². The lowest BCUT2D eigenvalue weighted by Crippen LogP contribution is -2.22. The van der Waals surface area contributed by atoms with Gasteiger partial charge >= 0.3 is 0 Å². The number of unbranched alkanes of at least 4 members (excludes halogenated alkanes) is 5. The lowest BCUT2D eigenvalue weighted by Gasteiger charge is -2.17. The van der Waals surface area contributed by atoms with Crippen LogP contribution >= 0.6 is 0 Å². The normalized spacial score (nSPS) is 14.8. The van der Waals surface area contributed by atoms with Crippen molar-refractivity contribution in [2.24, 2.45) is 5.92 Å². The van der Waals surface area contributed by atoms with Gasteiger partial charge in [-0.05, 0) is 6.42 Å². The van der Waals surface area contributed by atoms with Gasteiger partial charge in [0.15, 0.2) is 0 Å². The van der Waals surface area contributed by atoms with Crippen LogP contribution in [0.15, 0.2) is 0 Å². The zero-order valence-corrected chi connectivity index (χ0v) is 11.5. The second-order valence-electron chi connectivity index (χ2n) is 4.98. The first-order valence-corrected chi connectivity index (χ1v) is 7.07. The van der Waals surface area contributed by atoms with Gasteiger partial charge in [0.25, 0.3) is 0 Å². The highest BCUT2D eigenvalue weighted by Gasteiger charge is 2.09. The van der Waals surface area contributed by atoms with E-state index in [1.165, 1.54) is 32.1 Å². The third-order valence-corrected chi connectivity index (χ3v) is 3.01. The number of hydrogen-bond acceptors (Lipinski definition) is 3. The molecule has 0 aromatic carbocycles. The highest BCUT2D eigenvalue weighted by molar-refractivity contribution is 4.58. The Morgan fingerprint density at radius 2 is 1.59 bits per heavy atom. The predicted octanol–water partition coefficient (Wildman–Crippen LogP) is 2.74. The molecule has 0 heterocycles. The summed E-state index contributed by atoms with van der Waals surface area (Å²) >= 11 is 0. The Kier molecular flexibility index (Phi) is 12.3. The average Bonchev–Trinajstić information content (AvgIpc) is 2.36. The molecule has 0 spiro atoms. The molecular formula is C14H30O3. The minimum atomic E-state index is -0.0461. The lowest BCUT2D eigenvalue weighted by molar-refractivity contribution is -0.0156. The Morgan fingerprint density at radius 1 is 0.941 bits per heavy atom. The van der Waals surface area contributed by atoms with Gasteiger partial charge in [0.2, 0.25) is 0 Å². The van der Waals surface area contributed by atoms with Gasteiger partial charge in [0.1, 0.15) is 0 Å². The number of aliphatic hydroxyl groups is 2. The van der Waals surface area contributed by atoms with Gasteiger partial charge in [-0.2, -0.15) is 0 Å². The first-order valence-electron chi connectivity index (χ1n) is 7.07. The molecule has 0 amide bonds. The van der Waals surface area contributed by atoms with Crippen LogP contribution in [0.25, 0.3) is 0 Å². The molecule has 0 bridgehead atoms. The molecule has 104 valence electrons. The summed E-state index contributed by atoms with van der Waals surface area (Å²) in [6, 6.07) is 0. The molecule has 2 atom stereocenters. The summed E-state index contributed by atoms with van der Waals surface area (Å²) in [5, 5.41) is 18.0. The lowest BCUT2D eigenvalue weighted by atomic mass is 10.1. The molecule has 3 heteroatoms. The maximum absolute atomic E-state index is 9.16. The zero-order chi connectivity index (χ0) is 12.9. The van der Waals surface area contributed by atoms with Gasteiger partial charge in [-0.1, -0.05) is 52.4 Å². The van der Waals surface area contributed by atoms with Gasteiger partial charge < -0.3 is 14.9 Å². The topological polar surface area (TPSA) is 49.7 Å². The van der Waals surface area contributed by atoms with Crippen LogP contribution in [-0.4, -0.2) is 36.1 Å². The SMILES string of the molecule is CCCCCCCCC(CO)OCC(C)CO. The smallest absolute Gasteiger partial charge is 0.0805 e. The van der Waals surface area contributed by atoms with E-state index in [1.54, 1.807) is 0 Å². The summed E-state index contributed by atoms with van der Waals surface area (Å²) in [6.45, 7) is 4.94. The van der Waals surface area contributed by atoms with Crippen molar-refractivity contribution in [1.82, 2.24) is 0 Å². The van der Waals surface area contributed by atoms with Gasteiger partial charge in [-0.25, -0.2) is 0 Å². The first kappa shape index (κ1) is 16.9. The van der Waals surface area contributed by atoms with Crippen LogP contribution < -0.4 is 0 Å². The first-order chi connectivity index (χ1) is 8.24. The molecule has 0 aliphatic heterocycles. The van der Waals surface area contributed by atoms with E-state index in [1.807, 2.05) is 6.92 Å². The molecule has 2 N–H and O–H groups in total. The molecule has 0 aromatic rings. The maximum atomic E-state index is 9.16. The van der Waals surface area contributed by atoms with E-state index < -0.39 is 0 Å². The second kappa shape index (κ2) is 12.3. The Morgan fingerprint density at radius 3 is 2.18 bits per heavy atom. The fourth-order valence-corrected chi connectivity index (χ4v) is 1.73. The number of hydrogen-bond donors (Lipinski definition) is 2. The van der Waals surface area contributed by atoms with Crippen LogP contribution in [0.4, 0.5) is 0 Å². The van der Waals surface area contributed by atoms with Gasteiger partial charge in [-0.15, -0.1) is 0 Å². The molecule has 0 saturated heterocycles. The number of ether oxygens (including phenoxy) is 1. The van der Waals surface area contributed by atoms with Gasteiger partial charge in [-0.3, -0.25) is 0 Å². The van der Waals surface area contributed by atoms with Crippen LogP contribution in [0.1, 0.15) is 58.8 Å². The molecule has 17 heavy (non-hydrogen) atoms. The van der Waals surface area contributed by atoms with Gasteiger partial charge in [0, 0.05) is 12.5 Å². The molecule has 0 saturated carbocycles. The van der Waals surface area contributed by atoms with Crippen LogP contribution in [0.3, 0.4) is 0 Å². The highest BCUT2D eigenvalue weighted by atomic mass is 16.5. The monoisotopic (exact) mass is 246 g/mol. The molecule has 0 aliphatic rings. The van der Waals surface area contributed by atoms with Crippen molar-refractivity contribution >= 4 is 0 Å². The third-order valence-electron chi connectivity index (χ3n) is 3.01. The summed E-state index contributed by atoms with van der Waals surface area (Å²) in [7, 11) is 0. The molecule has 0 aliphatic carbocycles. The second-order valence-corrected chi connectivity index (χ2v) is 4.98. The Hall–Kier alpha value is -0.120. The Balaban J connectivity index is 3.41. The molecule has 0 fully saturated rings. The fourth-order valence-electron chi connectivity index (χ4n) is 1.73. The van der Waals surface area contributed by atoms with Crippen LogP contribution in [0.5, 0.6) is 0 Å². The molecule has 0 radical (unpaired) electrons. The number of rotatable bonds is 12. The molecule has 2 unspecified atom stereocenters. The third kappa shape index (κ3) is 10.7. The average molecular weight is 246 g/mol. The zero-order valence-electron chi connectivity index (χ0n) is 11.5. The van der Waals surface area contributed by atoms with Crippen molar-refractivity contribution in [3.8, 4) is 0 Å². The van der Waals surface area contributed by atoms with Crippen LogP contribution in [0.2, 0.25) is 0 Å². The van der Waals surface area contributed by atoms with E-state index in [9.17, 15) is 0 Å². The van der Waals surface area contributed by atoms with E-state index >= 15 is 0 Å². The summed E-state index contributed by atoms with van der Waals surface area (Å²) in [6.07, 6.45) is 8.46. The summed E-state index contributed by atoms with van der Waals surface area (Å²) in [5.41, 5.74) is 0. The van der Waals surface area contributed by atoms with Crippen molar-refractivity contribution in [1.29, 1.82) is 0 Å². The number of aliphatic hydroxyl groups excluding tert-OH is 2. The molecule has 0 rings (SSSR count). The van der Waals surface area contributed by atoms with Crippen molar-refractivity contribution in [3.63, 3.8) is 0 Å². The van der Waals surface area contributed by atoms with Crippen LogP contribution in [-0.2, 0) is 4.74 Å².